The fourth-order valence-electron chi connectivity index (χ4n) is 3.09. The molecule has 2 unspecified atom stereocenters. The molecule has 2 rings (SSSR count). The summed E-state index contributed by atoms with van der Waals surface area (Å²) in [7, 11) is 0. The van der Waals surface area contributed by atoms with Crippen molar-refractivity contribution in [2.24, 2.45) is 0 Å². The third-order valence-corrected chi connectivity index (χ3v) is 4.05. The van der Waals surface area contributed by atoms with Crippen LogP contribution in [-0.4, -0.2) is 23.8 Å². The molecule has 23 heavy (non-hydrogen) atoms. The van der Waals surface area contributed by atoms with Crippen molar-refractivity contribution in [2.45, 2.75) is 77.5 Å². The molecule has 0 spiro atoms. The number of aryl methyl sites for hydroxylation is 1. The molecule has 0 aromatic heterocycles. The van der Waals surface area contributed by atoms with E-state index in [1.54, 1.807) is 0 Å². The van der Waals surface area contributed by atoms with Crippen molar-refractivity contribution in [1.82, 2.24) is 5.32 Å². The Balaban J connectivity index is 1.85. The van der Waals surface area contributed by atoms with Gasteiger partial charge in [-0.05, 0) is 58.1 Å². The van der Waals surface area contributed by atoms with Crippen LogP contribution in [0.1, 0.15) is 58.9 Å². The minimum atomic E-state index is -0.445. The Bertz CT molecular complexity index is 522. The summed E-state index contributed by atoms with van der Waals surface area (Å²) in [5.74, 6) is 0. The van der Waals surface area contributed by atoms with Gasteiger partial charge in [-0.2, -0.15) is 0 Å². The van der Waals surface area contributed by atoms with Crippen LogP contribution in [-0.2, 0) is 11.2 Å². The average Bonchev–Trinajstić information content (AvgIpc) is 2.86. The standard InChI is InChI=1S/C19H30N2O2/c1-5-8-14-9-6-7-10-17(14)20-15-11-12-16(13-15)21-18(22)23-19(2,3)4/h6-7,9-10,15-16,20H,5,8,11-13H2,1-4H3,(H,21,22). The summed E-state index contributed by atoms with van der Waals surface area (Å²) in [4.78, 5) is 11.9. The van der Waals surface area contributed by atoms with Gasteiger partial charge in [0.1, 0.15) is 5.60 Å². The van der Waals surface area contributed by atoms with Gasteiger partial charge in [0.05, 0.1) is 0 Å². The Morgan fingerprint density at radius 3 is 2.61 bits per heavy atom. The highest BCUT2D eigenvalue weighted by Gasteiger charge is 2.27. The van der Waals surface area contributed by atoms with Crippen LogP contribution in [0.15, 0.2) is 24.3 Å². The van der Waals surface area contributed by atoms with Gasteiger partial charge in [0.2, 0.25) is 0 Å². The van der Waals surface area contributed by atoms with Crippen molar-refractivity contribution in [3.05, 3.63) is 29.8 Å². The monoisotopic (exact) mass is 318 g/mol. The first-order valence-corrected chi connectivity index (χ1v) is 8.71. The minimum Gasteiger partial charge on any atom is -0.444 e. The Kier molecular flexibility index (Phi) is 5.91. The van der Waals surface area contributed by atoms with Gasteiger partial charge in [-0.15, -0.1) is 0 Å². The fourth-order valence-corrected chi connectivity index (χ4v) is 3.09. The van der Waals surface area contributed by atoms with E-state index in [4.69, 9.17) is 4.74 Å². The number of anilines is 1. The second-order valence-corrected chi connectivity index (χ2v) is 7.40. The molecule has 1 saturated carbocycles. The summed E-state index contributed by atoms with van der Waals surface area (Å²) in [5, 5.41) is 6.64. The number of benzene rings is 1. The molecule has 1 aromatic rings. The largest absolute Gasteiger partial charge is 0.444 e. The maximum Gasteiger partial charge on any atom is 0.407 e. The van der Waals surface area contributed by atoms with Crippen LogP contribution in [0.3, 0.4) is 0 Å². The zero-order valence-corrected chi connectivity index (χ0v) is 14.8. The van der Waals surface area contributed by atoms with Crippen molar-refractivity contribution in [3.8, 4) is 0 Å². The van der Waals surface area contributed by atoms with Crippen LogP contribution >= 0.6 is 0 Å². The van der Waals surface area contributed by atoms with E-state index in [0.717, 1.165) is 32.1 Å². The average molecular weight is 318 g/mol. The molecule has 4 nitrogen and oxygen atoms in total. The normalized spacial score (nSPS) is 21.0. The summed E-state index contributed by atoms with van der Waals surface area (Å²) in [6, 6.07) is 9.12. The van der Waals surface area contributed by atoms with Gasteiger partial charge >= 0.3 is 6.09 Å². The molecule has 1 amide bonds. The highest BCUT2D eigenvalue weighted by molar-refractivity contribution is 5.68. The summed E-state index contributed by atoms with van der Waals surface area (Å²) >= 11 is 0. The first kappa shape index (κ1) is 17.6. The SMILES string of the molecule is CCCc1ccccc1NC1CCC(NC(=O)OC(C)(C)C)C1. The number of nitrogens with one attached hydrogen (secondary N) is 2. The lowest BCUT2D eigenvalue weighted by Crippen LogP contribution is -2.38. The molecule has 2 atom stereocenters. The molecule has 0 bridgehead atoms. The van der Waals surface area contributed by atoms with E-state index >= 15 is 0 Å². The molecule has 1 aliphatic carbocycles. The van der Waals surface area contributed by atoms with Gasteiger partial charge in [0.15, 0.2) is 0 Å². The van der Waals surface area contributed by atoms with Gasteiger partial charge < -0.3 is 15.4 Å². The summed E-state index contributed by atoms with van der Waals surface area (Å²) in [6.45, 7) is 7.86. The van der Waals surface area contributed by atoms with Crippen molar-refractivity contribution in [2.75, 3.05) is 5.32 Å². The minimum absolute atomic E-state index is 0.195. The molecule has 4 heteroatoms. The van der Waals surface area contributed by atoms with Gasteiger partial charge in [-0.25, -0.2) is 4.79 Å². The van der Waals surface area contributed by atoms with Gasteiger partial charge in [-0.3, -0.25) is 0 Å². The molecule has 0 saturated heterocycles. The predicted molar refractivity (Wildman–Crippen MR) is 94.9 cm³/mol. The Hall–Kier alpha value is -1.71. The number of rotatable bonds is 5. The highest BCUT2D eigenvalue weighted by atomic mass is 16.6. The maximum atomic E-state index is 11.9. The zero-order valence-electron chi connectivity index (χ0n) is 14.8. The van der Waals surface area contributed by atoms with E-state index in [-0.39, 0.29) is 12.1 Å². The summed E-state index contributed by atoms with van der Waals surface area (Å²) in [6.07, 6.45) is 4.93. The topological polar surface area (TPSA) is 50.4 Å². The highest BCUT2D eigenvalue weighted by Crippen LogP contribution is 2.26. The number of amides is 1. The molecule has 0 radical (unpaired) electrons. The molecular formula is C19H30N2O2. The van der Waals surface area contributed by atoms with Crippen LogP contribution in [0, 0.1) is 0 Å². The number of carbonyl (C=O) groups is 1. The number of carbonyl (C=O) groups excluding carboxylic acids is 1. The molecule has 0 heterocycles. The fraction of sp³-hybridized carbons (Fsp3) is 0.632. The van der Waals surface area contributed by atoms with Crippen molar-refractivity contribution < 1.29 is 9.53 Å². The maximum absolute atomic E-state index is 11.9. The lowest BCUT2D eigenvalue weighted by atomic mass is 10.1. The molecule has 2 N–H and O–H groups in total. The Labute approximate surface area is 140 Å². The van der Waals surface area contributed by atoms with Gasteiger partial charge in [0.25, 0.3) is 0 Å². The van der Waals surface area contributed by atoms with E-state index < -0.39 is 5.60 Å². The quantitative estimate of drug-likeness (QED) is 0.840. The Morgan fingerprint density at radius 2 is 1.91 bits per heavy atom. The summed E-state index contributed by atoms with van der Waals surface area (Å²) in [5.41, 5.74) is 2.16. The predicted octanol–water partition coefficient (Wildman–Crippen LogP) is 4.50. The van der Waals surface area contributed by atoms with Gasteiger partial charge in [-0.1, -0.05) is 31.5 Å². The van der Waals surface area contributed by atoms with Crippen molar-refractivity contribution >= 4 is 11.8 Å². The molecule has 1 fully saturated rings. The summed E-state index contributed by atoms with van der Waals surface area (Å²) < 4.78 is 5.33. The number of hydrogen-bond acceptors (Lipinski definition) is 3. The number of hydrogen-bond donors (Lipinski definition) is 2. The van der Waals surface area contributed by atoms with E-state index in [2.05, 4.69) is 41.8 Å². The van der Waals surface area contributed by atoms with Crippen LogP contribution in [0.5, 0.6) is 0 Å². The van der Waals surface area contributed by atoms with E-state index in [9.17, 15) is 4.79 Å². The first-order chi connectivity index (χ1) is 10.9. The smallest absolute Gasteiger partial charge is 0.407 e. The second-order valence-electron chi connectivity index (χ2n) is 7.40. The molecule has 0 aliphatic heterocycles. The van der Waals surface area contributed by atoms with E-state index in [1.807, 2.05) is 20.8 Å². The van der Waals surface area contributed by atoms with Gasteiger partial charge in [0, 0.05) is 17.8 Å². The molecule has 1 aromatic carbocycles. The zero-order chi connectivity index (χ0) is 16.9. The van der Waals surface area contributed by atoms with E-state index in [1.165, 1.54) is 11.3 Å². The van der Waals surface area contributed by atoms with Crippen LogP contribution in [0.25, 0.3) is 0 Å². The van der Waals surface area contributed by atoms with Crippen LogP contribution < -0.4 is 10.6 Å². The molecule has 128 valence electrons. The second kappa shape index (κ2) is 7.71. The van der Waals surface area contributed by atoms with E-state index in [0.29, 0.717) is 6.04 Å². The van der Waals surface area contributed by atoms with Crippen molar-refractivity contribution in [1.29, 1.82) is 0 Å². The third-order valence-electron chi connectivity index (χ3n) is 4.05. The van der Waals surface area contributed by atoms with Crippen LogP contribution in [0.2, 0.25) is 0 Å². The lowest BCUT2D eigenvalue weighted by Gasteiger charge is -2.22. The van der Waals surface area contributed by atoms with Crippen molar-refractivity contribution in [3.63, 3.8) is 0 Å². The number of ether oxygens (including phenoxy) is 1. The third kappa shape index (κ3) is 5.77. The Morgan fingerprint density at radius 1 is 1.22 bits per heavy atom. The van der Waals surface area contributed by atoms with Crippen LogP contribution in [0.4, 0.5) is 10.5 Å². The molecular weight excluding hydrogens is 288 g/mol. The number of alkyl carbamates (subject to hydrolysis) is 1. The lowest BCUT2D eigenvalue weighted by molar-refractivity contribution is 0.0505. The number of para-hydroxylation sites is 1. The first-order valence-electron chi connectivity index (χ1n) is 8.71. The molecule has 1 aliphatic rings.